The maximum Gasteiger partial charge on any atom is 0.225 e. The lowest BCUT2D eigenvalue weighted by molar-refractivity contribution is -0.136. The van der Waals surface area contributed by atoms with Crippen molar-refractivity contribution < 1.29 is 4.79 Å². The van der Waals surface area contributed by atoms with E-state index in [4.69, 9.17) is 5.26 Å². The first-order valence-electron chi connectivity index (χ1n) is 10.6. The third-order valence-electron chi connectivity index (χ3n) is 5.56. The Morgan fingerprint density at radius 3 is 2.72 bits per heavy atom. The number of nitriles is 1. The van der Waals surface area contributed by atoms with E-state index in [-0.39, 0.29) is 5.92 Å². The Labute approximate surface area is 178 Å². The molecule has 0 unspecified atom stereocenters. The van der Waals surface area contributed by atoms with Crippen LogP contribution >= 0.6 is 11.8 Å². The van der Waals surface area contributed by atoms with Crippen LogP contribution in [-0.4, -0.2) is 53.9 Å². The number of carbonyl (C=O) groups excluding carboxylic acids is 1. The van der Waals surface area contributed by atoms with Gasteiger partial charge in [-0.3, -0.25) is 4.79 Å². The number of nitrogens with one attached hydrogen (secondary N) is 2. The molecule has 7 heteroatoms. The number of benzene rings is 1. The molecule has 6 nitrogen and oxygen atoms in total. The molecular formula is C22H31N5OS. The third kappa shape index (κ3) is 6.40. The standard InChI is InChI=1S/C22H31N5OS/c1-2-24-22(25-16-18-5-3-4-17(14-18)15-23)26-20-8-6-19(7-9-20)21(28)27-10-12-29-13-11-27/h3-5,14,19-20H,2,6-13,16H2,1H3,(H2,24,25,26). The largest absolute Gasteiger partial charge is 0.357 e. The van der Waals surface area contributed by atoms with E-state index in [0.29, 0.717) is 24.1 Å². The first kappa shape index (κ1) is 21.5. The summed E-state index contributed by atoms with van der Waals surface area (Å²) in [5.74, 6) is 3.49. The molecule has 2 fully saturated rings. The second kappa shape index (κ2) is 11.1. The second-order valence-electron chi connectivity index (χ2n) is 7.64. The van der Waals surface area contributed by atoms with Crippen molar-refractivity contribution >= 4 is 23.6 Å². The highest BCUT2D eigenvalue weighted by atomic mass is 32.2. The molecular weight excluding hydrogens is 382 g/mol. The number of hydrogen-bond donors (Lipinski definition) is 2. The summed E-state index contributed by atoms with van der Waals surface area (Å²) in [7, 11) is 0. The number of carbonyl (C=O) groups is 1. The van der Waals surface area contributed by atoms with Gasteiger partial charge >= 0.3 is 0 Å². The lowest BCUT2D eigenvalue weighted by Gasteiger charge is -2.34. The first-order chi connectivity index (χ1) is 14.2. The lowest BCUT2D eigenvalue weighted by atomic mass is 9.85. The molecule has 156 valence electrons. The van der Waals surface area contributed by atoms with Crippen LogP contribution in [0.25, 0.3) is 0 Å². The molecule has 1 saturated heterocycles. The lowest BCUT2D eigenvalue weighted by Crippen LogP contribution is -2.47. The van der Waals surface area contributed by atoms with Gasteiger partial charge in [-0.05, 0) is 50.3 Å². The number of aliphatic imine (C=N–C) groups is 1. The Morgan fingerprint density at radius 1 is 1.28 bits per heavy atom. The summed E-state index contributed by atoms with van der Waals surface area (Å²) in [6, 6.07) is 10.1. The molecule has 2 aliphatic rings. The van der Waals surface area contributed by atoms with E-state index < -0.39 is 0 Å². The highest BCUT2D eigenvalue weighted by Crippen LogP contribution is 2.27. The predicted octanol–water partition coefficient (Wildman–Crippen LogP) is 2.75. The molecule has 0 spiro atoms. The van der Waals surface area contributed by atoms with Crippen LogP contribution in [0, 0.1) is 17.2 Å². The molecule has 0 atom stereocenters. The summed E-state index contributed by atoms with van der Waals surface area (Å²) in [6.45, 7) is 5.20. The smallest absolute Gasteiger partial charge is 0.225 e. The van der Waals surface area contributed by atoms with Crippen LogP contribution in [0.2, 0.25) is 0 Å². The average Bonchev–Trinajstić information content (AvgIpc) is 2.78. The minimum absolute atomic E-state index is 0.185. The average molecular weight is 414 g/mol. The van der Waals surface area contributed by atoms with Gasteiger partial charge in [-0.15, -0.1) is 0 Å². The van der Waals surface area contributed by atoms with Gasteiger partial charge < -0.3 is 15.5 Å². The Bertz CT molecular complexity index is 746. The van der Waals surface area contributed by atoms with E-state index in [2.05, 4.69) is 33.5 Å². The van der Waals surface area contributed by atoms with E-state index in [1.807, 2.05) is 30.0 Å². The van der Waals surface area contributed by atoms with Gasteiger partial charge in [-0.2, -0.15) is 17.0 Å². The molecule has 0 bridgehead atoms. The minimum atomic E-state index is 0.185. The number of nitrogens with zero attached hydrogens (tertiary/aromatic N) is 3. The Balaban J connectivity index is 1.51. The molecule has 1 aromatic rings. The fraction of sp³-hybridized carbons (Fsp3) is 0.591. The van der Waals surface area contributed by atoms with Crippen molar-refractivity contribution in [2.24, 2.45) is 10.9 Å². The molecule has 1 aliphatic carbocycles. The van der Waals surface area contributed by atoms with E-state index in [9.17, 15) is 4.79 Å². The van der Waals surface area contributed by atoms with Crippen LogP contribution in [0.15, 0.2) is 29.3 Å². The van der Waals surface area contributed by atoms with Crippen LogP contribution in [0.4, 0.5) is 0 Å². The molecule has 1 amide bonds. The normalized spacial score (nSPS) is 22.6. The molecule has 1 aromatic carbocycles. The molecule has 29 heavy (non-hydrogen) atoms. The van der Waals surface area contributed by atoms with E-state index in [1.165, 1.54) is 0 Å². The van der Waals surface area contributed by atoms with Gasteiger partial charge in [-0.25, -0.2) is 4.99 Å². The number of amides is 1. The zero-order valence-electron chi connectivity index (χ0n) is 17.2. The van der Waals surface area contributed by atoms with Crippen LogP contribution in [0.1, 0.15) is 43.7 Å². The van der Waals surface area contributed by atoms with Crippen LogP contribution in [-0.2, 0) is 11.3 Å². The SMILES string of the molecule is CCNC(=NCc1cccc(C#N)c1)NC1CCC(C(=O)N2CCSCC2)CC1. The zero-order valence-corrected chi connectivity index (χ0v) is 18.0. The van der Waals surface area contributed by atoms with Crippen molar-refractivity contribution in [1.82, 2.24) is 15.5 Å². The zero-order chi connectivity index (χ0) is 20.5. The Kier molecular flexibility index (Phi) is 8.24. The summed E-state index contributed by atoms with van der Waals surface area (Å²) >= 11 is 1.94. The molecule has 1 aliphatic heterocycles. The maximum atomic E-state index is 12.7. The van der Waals surface area contributed by atoms with Gasteiger partial charge in [0.15, 0.2) is 5.96 Å². The Morgan fingerprint density at radius 2 is 2.03 bits per heavy atom. The highest BCUT2D eigenvalue weighted by molar-refractivity contribution is 7.99. The summed E-state index contributed by atoms with van der Waals surface area (Å²) in [6.07, 6.45) is 3.88. The minimum Gasteiger partial charge on any atom is -0.357 e. The van der Waals surface area contributed by atoms with Crippen molar-refractivity contribution in [2.45, 2.75) is 45.2 Å². The molecule has 2 N–H and O–H groups in total. The number of hydrogen-bond acceptors (Lipinski definition) is 4. The highest BCUT2D eigenvalue weighted by Gasteiger charge is 2.30. The van der Waals surface area contributed by atoms with Gasteiger partial charge in [0, 0.05) is 43.1 Å². The summed E-state index contributed by atoms with van der Waals surface area (Å²) in [5.41, 5.74) is 1.68. The second-order valence-corrected chi connectivity index (χ2v) is 8.86. The molecule has 0 radical (unpaired) electrons. The molecule has 1 saturated carbocycles. The fourth-order valence-corrected chi connectivity index (χ4v) is 4.85. The Hall–Kier alpha value is -2.20. The number of rotatable bonds is 5. The first-order valence-corrected chi connectivity index (χ1v) is 11.8. The van der Waals surface area contributed by atoms with E-state index in [1.54, 1.807) is 6.07 Å². The maximum absolute atomic E-state index is 12.7. The van der Waals surface area contributed by atoms with Crippen molar-refractivity contribution in [1.29, 1.82) is 5.26 Å². The van der Waals surface area contributed by atoms with Crippen molar-refractivity contribution in [3.05, 3.63) is 35.4 Å². The van der Waals surface area contributed by atoms with Gasteiger partial charge in [0.25, 0.3) is 0 Å². The van der Waals surface area contributed by atoms with Crippen LogP contribution in [0.5, 0.6) is 0 Å². The quantitative estimate of drug-likeness (QED) is 0.573. The van der Waals surface area contributed by atoms with Crippen molar-refractivity contribution in [2.75, 3.05) is 31.1 Å². The molecule has 0 aromatic heterocycles. The van der Waals surface area contributed by atoms with Gasteiger partial charge in [0.2, 0.25) is 5.91 Å². The molecule has 3 rings (SSSR count). The van der Waals surface area contributed by atoms with Gasteiger partial charge in [0.1, 0.15) is 0 Å². The number of thioether (sulfide) groups is 1. The van der Waals surface area contributed by atoms with E-state index >= 15 is 0 Å². The summed E-state index contributed by atoms with van der Waals surface area (Å²) in [4.78, 5) is 19.5. The number of guanidine groups is 1. The van der Waals surface area contributed by atoms with Crippen molar-refractivity contribution in [3.8, 4) is 6.07 Å². The molecule has 1 heterocycles. The monoisotopic (exact) mass is 413 g/mol. The summed E-state index contributed by atoms with van der Waals surface area (Å²) < 4.78 is 0. The fourth-order valence-electron chi connectivity index (χ4n) is 3.95. The summed E-state index contributed by atoms with van der Waals surface area (Å²) in [5, 5.41) is 15.9. The third-order valence-corrected chi connectivity index (χ3v) is 6.50. The van der Waals surface area contributed by atoms with Crippen molar-refractivity contribution in [3.63, 3.8) is 0 Å². The van der Waals surface area contributed by atoms with E-state index in [0.717, 1.165) is 68.3 Å². The van der Waals surface area contributed by atoms with Gasteiger partial charge in [0.05, 0.1) is 18.2 Å². The van der Waals surface area contributed by atoms with Gasteiger partial charge in [-0.1, -0.05) is 12.1 Å². The topological polar surface area (TPSA) is 80.5 Å². The van der Waals surface area contributed by atoms with Crippen LogP contribution < -0.4 is 10.6 Å². The van der Waals surface area contributed by atoms with Crippen LogP contribution in [0.3, 0.4) is 0 Å². The predicted molar refractivity (Wildman–Crippen MR) is 119 cm³/mol.